The molecule has 0 fully saturated rings. The van der Waals surface area contributed by atoms with E-state index in [1.807, 2.05) is 0 Å². The summed E-state index contributed by atoms with van der Waals surface area (Å²) in [4.78, 5) is 0. The number of hydrogen-bond donors (Lipinski definition) is 0. The number of hydrogen-bond acceptors (Lipinski definition) is 0. The van der Waals surface area contributed by atoms with Crippen LogP contribution in [0.1, 0.15) is 0 Å². The molecule has 0 amide bonds. The first kappa shape index (κ1) is 29.3. The van der Waals surface area contributed by atoms with Crippen LogP contribution in [-0.4, -0.2) is 27.6 Å². The molecule has 35 valence electrons. The summed E-state index contributed by atoms with van der Waals surface area (Å²) < 4.78 is 0. The van der Waals surface area contributed by atoms with E-state index in [-0.39, 0.29) is 51.5 Å². The second-order valence-corrected chi connectivity index (χ2v) is 0. The molecule has 4 heteroatoms. The molecule has 1 radical (unpaired) electrons. The average Bonchev–Trinajstić information content (AvgIpc) is 1.00. The molecular formula is CH9AlFeMnSi. The van der Waals surface area contributed by atoms with E-state index in [4.69, 9.17) is 0 Å². The second-order valence-electron chi connectivity index (χ2n) is 0. The van der Waals surface area contributed by atoms with Crippen molar-refractivity contribution in [2.24, 2.45) is 0 Å². The summed E-state index contributed by atoms with van der Waals surface area (Å²) in [6, 6.07) is 0. The first-order valence-corrected chi connectivity index (χ1v) is 3.00. The van der Waals surface area contributed by atoms with Gasteiger partial charge in [0.15, 0.2) is 17.4 Å². The van der Waals surface area contributed by atoms with Gasteiger partial charge >= 0.3 is 0 Å². The molecule has 5 heavy (non-hydrogen) atoms. The molecule has 0 N–H and O–H groups in total. The topological polar surface area (TPSA) is 0 Å². The second kappa shape index (κ2) is 41.5. The Balaban J connectivity index is -0.00000000167. The van der Waals surface area contributed by atoms with Gasteiger partial charge in [-0.3, -0.25) is 0 Å². The Morgan fingerprint density at radius 1 is 1.20 bits per heavy atom. The fourth-order valence-electron chi connectivity index (χ4n) is 0. The van der Waals surface area contributed by atoms with Crippen molar-refractivity contribution in [3.05, 3.63) is 0 Å². The monoisotopic (exact) mass is 187 g/mol. The van der Waals surface area contributed by atoms with Crippen molar-refractivity contribution < 1.29 is 34.1 Å². The molecule has 0 aliphatic heterocycles. The summed E-state index contributed by atoms with van der Waals surface area (Å²) >= 11 is 0. The molecule has 0 heterocycles. The SMILES string of the molecule is C[SiH3].[AlH3].[Fe].[Mn]. The van der Waals surface area contributed by atoms with Crippen molar-refractivity contribution in [3.8, 4) is 0 Å². The Hall–Kier alpha value is 1.79. The molecule has 0 aliphatic rings. The van der Waals surface area contributed by atoms with Crippen molar-refractivity contribution in [1.82, 2.24) is 0 Å². The van der Waals surface area contributed by atoms with Crippen molar-refractivity contribution in [3.63, 3.8) is 0 Å². The van der Waals surface area contributed by atoms with Gasteiger partial charge in [0.05, 0.1) is 0 Å². The molecule has 0 aliphatic carbocycles. The maximum absolute atomic E-state index is 2.14. The Morgan fingerprint density at radius 3 is 1.20 bits per heavy atom. The van der Waals surface area contributed by atoms with E-state index < -0.39 is 0 Å². The minimum Gasteiger partial charge on any atom is -0.0777 e. The zero-order chi connectivity index (χ0) is 2.00. The predicted molar refractivity (Wildman–Crippen MR) is 25.7 cm³/mol. The molecule has 0 spiro atoms. The van der Waals surface area contributed by atoms with Crippen molar-refractivity contribution in [1.29, 1.82) is 0 Å². The third-order valence-corrected chi connectivity index (χ3v) is 0. The minimum atomic E-state index is 0. The van der Waals surface area contributed by atoms with Gasteiger partial charge in [0.2, 0.25) is 0 Å². The van der Waals surface area contributed by atoms with E-state index >= 15 is 0 Å². The zero-order valence-electron chi connectivity index (χ0n) is 2.73. The van der Waals surface area contributed by atoms with Gasteiger partial charge in [0.1, 0.15) is 0 Å². The van der Waals surface area contributed by atoms with Gasteiger partial charge in [-0.25, -0.2) is 0 Å². The summed E-state index contributed by atoms with van der Waals surface area (Å²) in [6.45, 7) is 2.14. The third kappa shape index (κ3) is 26.0. The summed E-state index contributed by atoms with van der Waals surface area (Å²) in [6.07, 6.45) is 0. The van der Waals surface area contributed by atoms with Crippen LogP contribution in [0.25, 0.3) is 0 Å². The molecule has 0 aromatic carbocycles. The molecule has 0 bridgehead atoms. The van der Waals surface area contributed by atoms with Gasteiger partial charge in [-0.05, 0) is 10.2 Å². The molecule has 0 atom stereocenters. The molecule has 0 rings (SSSR count). The van der Waals surface area contributed by atoms with Crippen LogP contribution in [0.3, 0.4) is 0 Å². The van der Waals surface area contributed by atoms with Crippen LogP contribution < -0.4 is 0 Å². The Morgan fingerprint density at radius 2 is 1.20 bits per heavy atom. The largest absolute Gasteiger partial charge is 0.187 e. The molecule has 0 unspecified atom stereocenters. The third-order valence-electron chi connectivity index (χ3n) is 0. The first-order valence-electron chi connectivity index (χ1n) is 1.00. The van der Waals surface area contributed by atoms with Gasteiger partial charge in [-0.15, -0.1) is 0 Å². The zero-order valence-corrected chi connectivity index (χ0v) is 7.02. The van der Waals surface area contributed by atoms with E-state index in [1.54, 1.807) is 0 Å². The van der Waals surface area contributed by atoms with Gasteiger partial charge in [0.25, 0.3) is 0 Å². The quantitative estimate of drug-likeness (QED) is 0.393. The molecule has 0 saturated carbocycles. The molecular weight excluding hydrogens is 178 g/mol. The predicted octanol–water partition coefficient (Wildman–Crippen LogP) is -1.79. The Labute approximate surface area is 68.0 Å². The van der Waals surface area contributed by atoms with Crippen LogP contribution in [0.4, 0.5) is 0 Å². The number of rotatable bonds is 0. The standard InChI is InChI=1S/CH6Si.Al.Fe.Mn.3H/c1-2;;;;;;/h1-2H3;;;;;;. The van der Waals surface area contributed by atoms with E-state index in [2.05, 4.69) is 6.55 Å². The van der Waals surface area contributed by atoms with Gasteiger partial charge in [0, 0.05) is 34.1 Å². The van der Waals surface area contributed by atoms with Crippen LogP contribution in [-0.2, 0) is 34.1 Å². The van der Waals surface area contributed by atoms with Crippen LogP contribution in [0.15, 0.2) is 0 Å². The Kier molecular flexibility index (Phi) is 243. The van der Waals surface area contributed by atoms with Crippen LogP contribution in [0.5, 0.6) is 0 Å². The van der Waals surface area contributed by atoms with Crippen molar-refractivity contribution in [2.45, 2.75) is 6.55 Å². The average molecular weight is 187 g/mol. The molecule has 0 saturated heterocycles. The van der Waals surface area contributed by atoms with E-state index in [9.17, 15) is 0 Å². The Bertz CT molecular complexity index is 11.6. The normalized spacial score (nSPS) is 1.80. The van der Waals surface area contributed by atoms with Crippen molar-refractivity contribution in [2.75, 3.05) is 0 Å². The fourth-order valence-corrected chi connectivity index (χ4v) is 0. The smallest absolute Gasteiger partial charge is 0.0777 e. The van der Waals surface area contributed by atoms with Crippen LogP contribution in [0.2, 0.25) is 6.55 Å². The maximum Gasteiger partial charge on any atom is 0.187 e. The molecule has 0 aromatic rings. The first-order chi connectivity index (χ1) is 1.00. The van der Waals surface area contributed by atoms with Gasteiger partial charge in [-0.2, -0.15) is 0 Å². The molecule has 0 nitrogen and oxygen atoms in total. The van der Waals surface area contributed by atoms with Crippen molar-refractivity contribution >= 4 is 27.6 Å². The minimum absolute atomic E-state index is 0. The van der Waals surface area contributed by atoms with Gasteiger partial charge in [-0.1, -0.05) is 6.55 Å². The summed E-state index contributed by atoms with van der Waals surface area (Å²) in [5, 5.41) is 0. The van der Waals surface area contributed by atoms with Crippen LogP contribution in [0, 0.1) is 0 Å². The van der Waals surface area contributed by atoms with Crippen LogP contribution >= 0.6 is 0 Å². The summed E-state index contributed by atoms with van der Waals surface area (Å²) in [5.74, 6) is 0. The fraction of sp³-hybridized carbons (Fsp3) is 1.00. The van der Waals surface area contributed by atoms with Gasteiger partial charge < -0.3 is 0 Å². The molecule has 0 aromatic heterocycles. The van der Waals surface area contributed by atoms with E-state index in [1.165, 1.54) is 10.2 Å². The maximum atomic E-state index is 2.14. The summed E-state index contributed by atoms with van der Waals surface area (Å²) in [7, 11) is 1.31. The van der Waals surface area contributed by atoms with E-state index in [0.29, 0.717) is 0 Å². The van der Waals surface area contributed by atoms with E-state index in [0.717, 1.165) is 0 Å². The summed E-state index contributed by atoms with van der Waals surface area (Å²) in [5.41, 5.74) is 0.